The molecule has 3 heterocycles. The van der Waals surface area contributed by atoms with Crippen molar-refractivity contribution in [1.29, 1.82) is 0 Å². The van der Waals surface area contributed by atoms with Crippen molar-refractivity contribution in [2.45, 2.75) is 33.1 Å². The van der Waals surface area contributed by atoms with Crippen LogP contribution in [0.1, 0.15) is 41.6 Å². The number of imidazole rings is 1. The molecule has 0 saturated carbocycles. The number of amides is 1. The second-order valence-corrected chi connectivity index (χ2v) is 6.52. The first-order valence-electron chi connectivity index (χ1n) is 9.20. The van der Waals surface area contributed by atoms with Crippen molar-refractivity contribution in [2.75, 3.05) is 18.4 Å². The predicted octanol–water partition coefficient (Wildman–Crippen LogP) is 2.25. The van der Waals surface area contributed by atoms with Gasteiger partial charge in [-0.05, 0) is 19.4 Å². The Kier molecular flexibility index (Phi) is 5.95. The SMILES string of the molecule is CCCCc1nc(C)cc(NCCNC(=O)c2cnc3c(c2)ncn3C)n1. The number of hydrogen-bond acceptors (Lipinski definition) is 6. The Balaban J connectivity index is 1.52. The third-order valence-electron chi connectivity index (χ3n) is 4.18. The van der Waals surface area contributed by atoms with Gasteiger partial charge in [-0.2, -0.15) is 0 Å². The average molecular weight is 367 g/mol. The van der Waals surface area contributed by atoms with Gasteiger partial charge in [0.1, 0.15) is 17.2 Å². The lowest BCUT2D eigenvalue weighted by Gasteiger charge is -2.09. The molecule has 0 aliphatic carbocycles. The topological polar surface area (TPSA) is 97.6 Å². The molecule has 0 bridgehead atoms. The van der Waals surface area contributed by atoms with E-state index in [0.29, 0.717) is 24.2 Å². The van der Waals surface area contributed by atoms with Gasteiger partial charge in [-0.3, -0.25) is 4.79 Å². The summed E-state index contributed by atoms with van der Waals surface area (Å²) in [7, 11) is 1.87. The summed E-state index contributed by atoms with van der Waals surface area (Å²) in [6.07, 6.45) is 6.33. The van der Waals surface area contributed by atoms with E-state index in [2.05, 4.69) is 37.5 Å². The minimum absolute atomic E-state index is 0.167. The van der Waals surface area contributed by atoms with Crippen LogP contribution in [0.5, 0.6) is 0 Å². The summed E-state index contributed by atoms with van der Waals surface area (Å²) in [5.74, 6) is 1.48. The number of carbonyl (C=O) groups excluding carboxylic acids is 1. The zero-order chi connectivity index (χ0) is 19.2. The Morgan fingerprint density at radius 1 is 1.19 bits per heavy atom. The maximum absolute atomic E-state index is 12.3. The highest BCUT2D eigenvalue weighted by Crippen LogP contribution is 2.11. The van der Waals surface area contributed by atoms with Crippen molar-refractivity contribution in [3.05, 3.63) is 41.7 Å². The normalized spacial score (nSPS) is 10.9. The number of aromatic nitrogens is 5. The van der Waals surface area contributed by atoms with E-state index < -0.39 is 0 Å². The molecule has 1 amide bonds. The number of nitrogens with zero attached hydrogens (tertiary/aromatic N) is 5. The van der Waals surface area contributed by atoms with Crippen LogP contribution in [0.2, 0.25) is 0 Å². The zero-order valence-corrected chi connectivity index (χ0v) is 16.0. The van der Waals surface area contributed by atoms with Crippen LogP contribution < -0.4 is 10.6 Å². The summed E-state index contributed by atoms with van der Waals surface area (Å²) in [5, 5.41) is 6.13. The molecule has 8 heteroatoms. The largest absolute Gasteiger partial charge is 0.368 e. The molecule has 3 aromatic rings. The fourth-order valence-corrected chi connectivity index (χ4v) is 2.78. The van der Waals surface area contributed by atoms with Gasteiger partial charge in [-0.1, -0.05) is 13.3 Å². The number of fused-ring (bicyclic) bond motifs is 1. The molecule has 2 N–H and O–H groups in total. The fourth-order valence-electron chi connectivity index (χ4n) is 2.78. The zero-order valence-electron chi connectivity index (χ0n) is 16.0. The van der Waals surface area contributed by atoms with E-state index in [1.54, 1.807) is 18.6 Å². The van der Waals surface area contributed by atoms with Gasteiger partial charge in [0.25, 0.3) is 5.91 Å². The van der Waals surface area contributed by atoms with Crippen LogP contribution in [-0.2, 0) is 13.5 Å². The van der Waals surface area contributed by atoms with Gasteiger partial charge in [-0.25, -0.2) is 19.9 Å². The third kappa shape index (κ3) is 4.78. The van der Waals surface area contributed by atoms with E-state index in [0.717, 1.165) is 42.2 Å². The van der Waals surface area contributed by atoms with E-state index in [-0.39, 0.29) is 5.91 Å². The Morgan fingerprint density at radius 3 is 2.85 bits per heavy atom. The molecule has 0 unspecified atom stereocenters. The molecule has 0 aromatic carbocycles. The average Bonchev–Trinajstić information content (AvgIpc) is 3.03. The predicted molar refractivity (Wildman–Crippen MR) is 105 cm³/mol. The smallest absolute Gasteiger partial charge is 0.252 e. The van der Waals surface area contributed by atoms with Crippen LogP contribution in [0.4, 0.5) is 5.82 Å². The summed E-state index contributed by atoms with van der Waals surface area (Å²) in [6.45, 7) is 5.17. The number of anilines is 1. The molecule has 0 atom stereocenters. The second-order valence-electron chi connectivity index (χ2n) is 6.52. The van der Waals surface area contributed by atoms with Gasteiger partial charge in [0.2, 0.25) is 0 Å². The molecular formula is C19H25N7O. The van der Waals surface area contributed by atoms with Crippen molar-refractivity contribution in [3.8, 4) is 0 Å². The molecule has 0 aliphatic rings. The molecular weight excluding hydrogens is 342 g/mol. The highest BCUT2D eigenvalue weighted by Gasteiger charge is 2.09. The summed E-state index contributed by atoms with van der Waals surface area (Å²) in [5.41, 5.74) is 2.91. The van der Waals surface area contributed by atoms with Crippen LogP contribution in [0, 0.1) is 6.92 Å². The first-order chi connectivity index (χ1) is 13.1. The Morgan fingerprint density at radius 2 is 2.04 bits per heavy atom. The molecule has 142 valence electrons. The lowest BCUT2D eigenvalue weighted by Crippen LogP contribution is -2.29. The number of nitrogens with one attached hydrogen (secondary N) is 2. The van der Waals surface area contributed by atoms with Crippen LogP contribution >= 0.6 is 0 Å². The molecule has 3 rings (SSSR count). The fraction of sp³-hybridized carbons (Fsp3) is 0.421. The maximum atomic E-state index is 12.3. The van der Waals surface area contributed by atoms with E-state index in [1.165, 1.54) is 0 Å². The van der Waals surface area contributed by atoms with Gasteiger partial charge < -0.3 is 15.2 Å². The number of unbranched alkanes of at least 4 members (excludes halogenated alkanes) is 1. The first kappa shape index (κ1) is 18.8. The number of aryl methyl sites for hydroxylation is 3. The monoisotopic (exact) mass is 367 g/mol. The summed E-state index contributed by atoms with van der Waals surface area (Å²) in [6, 6.07) is 3.66. The number of hydrogen-bond donors (Lipinski definition) is 2. The van der Waals surface area contributed by atoms with E-state index in [1.807, 2.05) is 24.6 Å². The van der Waals surface area contributed by atoms with Gasteiger partial charge in [0, 0.05) is 44.5 Å². The van der Waals surface area contributed by atoms with Crippen LogP contribution in [-0.4, -0.2) is 43.5 Å². The highest BCUT2D eigenvalue weighted by atomic mass is 16.1. The molecule has 8 nitrogen and oxygen atoms in total. The first-order valence-corrected chi connectivity index (χ1v) is 9.20. The van der Waals surface area contributed by atoms with Gasteiger partial charge >= 0.3 is 0 Å². The van der Waals surface area contributed by atoms with Crippen molar-refractivity contribution >= 4 is 22.9 Å². The summed E-state index contributed by atoms with van der Waals surface area (Å²) >= 11 is 0. The summed E-state index contributed by atoms with van der Waals surface area (Å²) < 4.78 is 1.82. The molecule has 0 aliphatic heterocycles. The van der Waals surface area contributed by atoms with Crippen molar-refractivity contribution in [2.24, 2.45) is 7.05 Å². The Hall–Kier alpha value is -3.03. The van der Waals surface area contributed by atoms with Gasteiger partial charge in [0.05, 0.1) is 11.9 Å². The third-order valence-corrected chi connectivity index (χ3v) is 4.18. The van der Waals surface area contributed by atoms with E-state index in [9.17, 15) is 4.79 Å². The number of rotatable bonds is 8. The van der Waals surface area contributed by atoms with Gasteiger partial charge in [0.15, 0.2) is 5.65 Å². The molecule has 3 aromatic heterocycles. The van der Waals surface area contributed by atoms with E-state index in [4.69, 9.17) is 0 Å². The molecule has 27 heavy (non-hydrogen) atoms. The quantitative estimate of drug-likeness (QED) is 0.593. The number of carbonyl (C=O) groups is 1. The molecule has 0 fully saturated rings. The Bertz CT molecular complexity index is 935. The van der Waals surface area contributed by atoms with Crippen molar-refractivity contribution in [3.63, 3.8) is 0 Å². The van der Waals surface area contributed by atoms with Crippen LogP contribution in [0.3, 0.4) is 0 Å². The second kappa shape index (κ2) is 8.57. The Labute approximate surface area is 158 Å². The van der Waals surface area contributed by atoms with Gasteiger partial charge in [-0.15, -0.1) is 0 Å². The minimum atomic E-state index is -0.167. The molecule has 0 radical (unpaired) electrons. The number of pyridine rings is 1. The highest BCUT2D eigenvalue weighted by molar-refractivity contribution is 5.96. The van der Waals surface area contributed by atoms with Crippen LogP contribution in [0.25, 0.3) is 11.2 Å². The van der Waals surface area contributed by atoms with E-state index >= 15 is 0 Å². The van der Waals surface area contributed by atoms with Crippen LogP contribution in [0.15, 0.2) is 24.7 Å². The maximum Gasteiger partial charge on any atom is 0.252 e. The van der Waals surface area contributed by atoms with Crippen molar-refractivity contribution in [1.82, 2.24) is 29.8 Å². The minimum Gasteiger partial charge on any atom is -0.368 e. The molecule has 0 saturated heterocycles. The molecule has 0 spiro atoms. The lowest BCUT2D eigenvalue weighted by molar-refractivity contribution is 0.0955. The lowest BCUT2D eigenvalue weighted by atomic mass is 10.2. The summed E-state index contributed by atoms with van der Waals surface area (Å²) in [4.78, 5) is 29.8. The van der Waals surface area contributed by atoms with Crippen molar-refractivity contribution < 1.29 is 4.79 Å². The standard InChI is InChI=1S/C19H25N7O/c1-4-5-6-16-24-13(2)9-17(25-16)20-7-8-21-19(27)14-10-15-18(22-11-14)26(3)12-23-15/h9-12H,4-8H2,1-3H3,(H,21,27)(H,20,24,25).